The van der Waals surface area contributed by atoms with Gasteiger partial charge in [0.1, 0.15) is 0 Å². The van der Waals surface area contributed by atoms with Crippen LogP contribution in [0.3, 0.4) is 0 Å². The molecule has 0 radical (unpaired) electrons. The van der Waals surface area contributed by atoms with E-state index in [1.54, 1.807) is 12.1 Å². The van der Waals surface area contributed by atoms with E-state index in [0.29, 0.717) is 32.0 Å². The Balaban J connectivity index is 1.36. The summed E-state index contributed by atoms with van der Waals surface area (Å²) in [5, 5.41) is 3.03. The summed E-state index contributed by atoms with van der Waals surface area (Å²) in [6.07, 6.45) is 3.54. The Bertz CT molecular complexity index is 1320. The normalized spacial score (nSPS) is 16.9. The maximum atomic E-state index is 13.3. The van der Waals surface area contributed by atoms with E-state index >= 15 is 0 Å². The van der Waals surface area contributed by atoms with Crippen LogP contribution in [0.15, 0.2) is 77.7 Å². The van der Waals surface area contributed by atoms with E-state index in [9.17, 15) is 13.2 Å². The van der Waals surface area contributed by atoms with Gasteiger partial charge in [-0.2, -0.15) is 4.31 Å². The third-order valence-corrected chi connectivity index (χ3v) is 8.87. The lowest BCUT2D eigenvalue weighted by Gasteiger charge is -2.31. The summed E-state index contributed by atoms with van der Waals surface area (Å²) >= 11 is 0. The van der Waals surface area contributed by atoms with Crippen molar-refractivity contribution in [2.75, 3.05) is 49.6 Å². The maximum absolute atomic E-state index is 13.3. The van der Waals surface area contributed by atoms with Crippen LogP contribution < -0.4 is 10.2 Å². The quantitative estimate of drug-likeness (QED) is 0.496. The number of rotatable bonds is 7. The molecular formula is C29H33N3O4S. The van der Waals surface area contributed by atoms with Gasteiger partial charge in [0.2, 0.25) is 15.9 Å². The molecule has 0 spiro atoms. The average Bonchev–Trinajstić information content (AvgIpc) is 2.95. The first-order chi connectivity index (χ1) is 18.0. The third kappa shape index (κ3) is 6.04. The number of nitrogens with zero attached hydrogens (tertiary/aromatic N) is 2. The number of nitrogens with one attached hydrogen (secondary N) is 1. The number of sulfonamides is 1. The molecule has 7 nitrogen and oxygen atoms in total. The van der Waals surface area contributed by atoms with Gasteiger partial charge < -0.3 is 15.0 Å². The number of carbonyl (C=O) groups is 1. The van der Waals surface area contributed by atoms with Gasteiger partial charge in [-0.1, -0.05) is 54.6 Å². The zero-order valence-corrected chi connectivity index (χ0v) is 21.8. The summed E-state index contributed by atoms with van der Waals surface area (Å²) in [6.45, 7) is 3.21. The van der Waals surface area contributed by atoms with Crippen LogP contribution in [-0.4, -0.2) is 58.0 Å². The van der Waals surface area contributed by atoms with Gasteiger partial charge in [0, 0.05) is 26.2 Å². The lowest BCUT2D eigenvalue weighted by molar-refractivity contribution is -0.115. The number of hydrogen-bond acceptors (Lipinski definition) is 5. The summed E-state index contributed by atoms with van der Waals surface area (Å²) in [4.78, 5) is 15.6. The van der Waals surface area contributed by atoms with Crippen LogP contribution >= 0.6 is 0 Å². The molecule has 3 aromatic rings. The summed E-state index contributed by atoms with van der Waals surface area (Å²) in [5.41, 5.74) is 4.53. The third-order valence-electron chi connectivity index (χ3n) is 6.97. The van der Waals surface area contributed by atoms with Gasteiger partial charge in [0.15, 0.2) is 0 Å². The lowest BCUT2D eigenvalue weighted by atomic mass is 10.0. The summed E-state index contributed by atoms with van der Waals surface area (Å²) in [7, 11) is -3.67. The van der Waals surface area contributed by atoms with Gasteiger partial charge in [-0.05, 0) is 54.2 Å². The molecule has 37 heavy (non-hydrogen) atoms. The average molecular weight is 520 g/mol. The van der Waals surface area contributed by atoms with Crippen molar-refractivity contribution >= 4 is 27.3 Å². The highest BCUT2D eigenvalue weighted by molar-refractivity contribution is 7.89. The molecule has 0 aromatic heterocycles. The van der Waals surface area contributed by atoms with Crippen LogP contribution in [0.4, 0.5) is 11.4 Å². The van der Waals surface area contributed by atoms with Crippen molar-refractivity contribution in [3.63, 3.8) is 0 Å². The predicted molar refractivity (Wildman–Crippen MR) is 146 cm³/mol. The van der Waals surface area contributed by atoms with Crippen LogP contribution in [0.1, 0.15) is 24.8 Å². The van der Waals surface area contributed by atoms with E-state index in [0.717, 1.165) is 48.3 Å². The van der Waals surface area contributed by atoms with Gasteiger partial charge in [0.25, 0.3) is 0 Å². The van der Waals surface area contributed by atoms with E-state index in [1.165, 1.54) is 10.7 Å². The highest BCUT2D eigenvalue weighted by atomic mass is 32.2. The molecule has 5 rings (SSSR count). The minimum atomic E-state index is -3.67. The monoisotopic (exact) mass is 519 g/mol. The molecule has 0 aliphatic carbocycles. The second-order valence-corrected chi connectivity index (χ2v) is 11.5. The molecule has 2 aliphatic rings. The Morgan fingerprint density at radius 2 is 1.49 bits per heavy atom. The molecule has 2 fully saturated rings. The van der Waals surface area contributed by atoms with Crippen molar-refractivity contribution in [2.45, 2.75) is 30.6 Å². The minimum absolute atomic E-state index is 0.174. The fourth-order valence-electron chi connectivity index (χ4n) is 4.95. The first kappa shape index (κ1) is 25.4. The Morgan fingerprint density at radius 1 is 0.811 bits per heavy atom. The molecule has 3 aromatic carbocycles. The molecule has 0 bridgehead atoms. The van der Waals surface area contributed by atoms with Gasteiger partial charge in [-0.25, -0.2) is 8.42 Å². The molecule has 0 atom stereocenters. The number of morpholine rings is 1. The summed E-state index contributed by atoms with van der Waals surface area (Å²) < 4.78 is 33.4. The fourth-order valence-corrected chi connectivity index (χ4v) is 6.38. The Labute approximate surface area is 219 Å². The largest absolute Gasteiger partial charge is 0.379 e. The van der Waals surface area contributed by atoms with Crippen LogP contribution in [-0.2, 0) is 26.0 Å². The topological polar surface area (TPSA) is 79.0 Å². The molecule has 2 saturated heterocycles. The van der Waals surface area contributed by atoms with Crippen molar-refractivity contribution in [3.05, 3.63) is 78.4 Å². The zero-order valence-electron chi connectivity index (χ0n) is 20.9. The molecule has 2 aliphatic heterocycles. The number of carbonyl (C=O) groups excluding carboxylic acids is 1. The molecule has 1 amide bonds. The number of anilines is 2. The van der Waals surface area contributed by atoms with Crippen LogP contribution in [0, 0.1) is 0 Å². The highest BCUT2D eigenvalue weighted by Crippen LogP contribution is 2.32. The molecule has 2 heterocycles. The van der Waals surface area contributed by atoms with E-state index in [-0.39, 0.29) is 17.2 Å². The summed E-state index contributed by atoms with van der Waals surface area (Å²) in [6, 6.07) is 23.2. The molecule has 8 heteroatoms. The Hall–Kier alpha value is -3.20. The maximum Gasteiger partial charge on any atom is 0.243 e. The van der Waals surface area contributed by atoms with Crippen molar-refractivity contribution in [2.24, 2.45) is 0 Å². The first-order valence-electron chi connectivity index (χ1n) is 12.9. The number of hydrogen-bond donors (Lipinski definition) is 1. The van der Waals surface area contributed by atoms with Gasteiger partial charge >= 0.3 is 0 Å². The van der Waals surface area contributed by atoms with Crippen LogP contribution in [0.2, 0.25) is 0 Å². The Kier molecular flexibility index (Phi) is 7.88. The van der Waals surface area contributed by atoms with Gasteiger partial charge in [-0.3, -0.25) is 4.79 Å². The fraction of sp³-hybridized carbons (Fsp3) is 0.345. The molecule has 194 valence electrons. The second-order valence-electron chi connectivity index (χ2n) is 9.53. The molecular weight excluding hydrogens is 486 g/mol. The number of piperidine rings is 1. The van der Waals surface area contributed by atoms with E-state index < -0.39 is 10.0 Å². The highest BCUT2D eigenvalue weighted by Gasteiger charge is 2.28. The van der Waals surface area contributed by atoms with Crippen molar-refractivity contribution in [1.29, 1.82) is 0 Å². The lowest BCUT2D eigenvalue weighted by Crippen LogP contribution is -2.40. The number of benzene rings is 3. The van der Waals surface area contributed by atoms with E-state index in [4.69, 9.17) is 4.74 Å². The SMILES string of the molecule is O=C(Cc1ccc(-c2ccccc2)cc1)Nc1cc(S(=O)(=O)N2CCOCC2)ccc1N1CCCCC1. The Morgan fingerprint density at radius 3 is 2.19 bits per heavy atom. The minimum Gasteiger partial charge on any atom is -0.379 e. The standard InChI is InChI=1S/C29H33N3O4S/c33-29(21-23-9-11-25(12-10-23)24-7-3-1-4-8-24)30-27-22-26(37(34,35)32-17-19-36-20-18-32)13-14-28(27)31-15-5-2-6-16-31/h1,3-4,7-14,22H,2,5-6,15-21H2,(H,30,33). The zero-order chi connectivity index (χ0) is 25.7. The van der Waals surface area contributed by atoms with Crippen molar-refractivity contribution in [1.82, 2.24) is 4.31 Å². The van der Waals surface area contributed by atoms with E-state index in [1.807, 2.05) is 48.5 Å². The van der Waals surface area contributed by atoms with Gasteiger partial charge in [0.05, 0.1) is 35.9 Å². The number of ether oxygens (including phenoxy) is 1. The predicted octanol–water partition coefficient (Wildman–Crippen LogP) is 4.55. The van der Waals surface area contributed by atoms with Gasteiger partial charge in [-0.15, -0.1) is 0 Å². The second kappa shape index (κ2) is 11.5. The van der Waals surface area contributed by atoms with Crippen molar-refractivity contribution < 1.29 is 17.9 Å². The van der Waals surface area contributed by atoms with Crippen LogP contribution in [0.25, 0.3) is 11.1 Å². The number of amides is 1. The molecule has 0 unspecified atom stereocenters. The smallest absolute Gasteiger partial charge is 0.243 e. The first-order valence-corrected chi connectivity index (χ1v) is 14.4. The van der Waals surface area contributed by atoms with E-state index in [2.05, 4.69) is 22.3 Å². The summed E-state index contributed by atoms with van der Waals surface area (Å²) in [5.74, 6) is -0.174. The molecule has 0 saturated carbocycles. The van der Waals surface area contributed by atoms with Crippen molar-refractivity contribution in [3.8, 4) is 11.1 Å². The molecule has 1 N–H and O–H groups in total. The van der Waals surface area contributed by atoms with Crippen LogP contribution in [0.5, 0.6) is 0 Å².